The SMILES string of the molecule is CCCC1(C(=O)Cc2ccccc2Cl)CCC1. The van der Waals surface area contributed by atoms with E-state index in [2.05, 4.69) is 6.92 Å². The molecule has 1 fully saturated rings. The van der Waals surface area contributed by atoms with Crippen LogP contribution < -0.4 is 0 Å². The molecule has 0 spiro atoms. The Morgan fingerprint density at radius 3 is 2.59 bits per heavy atom. The minimum atomic E-state index is -0.0199. The molecule has 0 unspecified atom stereocenters. The quantitative estimate of drug-likeness (QED) is 0.756. The van der Waals surface area contributed by atoms with E-state index in [1.54, 1.807) is 0 Å². The number of rotatable bonds is 5. The summed E-state index contributed by atoms with van der Waals surface area (Å²) in [5.74, 6) is 0.388. The van der Waals surface area contributed by atoms with E-state index in [-0.39, 0.29) is 5.41 Å². The van der Waals surface area contributed by atoms with Crippen molar-refractivity contribution in [2.75, 3.05) is 0 Å². The number of hydrogen-bond acceptors (Lipinski definition) is 1. The molecule has 2 rings (SSSR count). The molecule has 2 heteroatoms. The van der Waals surface area contributed by atoms with E-state index >= 15 is 0 Å². The van der Waals surface area contributed by atoms with Crippen molar-refractivity contribution in [3.63, 3.8) is 0 Å². The van der Waals surface area contributed by atoms with Crippen LogP contribution in [0.4, 0.5) is 0 Å². The van der Waals surface area contributed by atoms with E-state index in [9.17, 15) is 4.79 Å². The molecule has 0 N–H and O–H groups in total. The van der Waals surface area contributed by atoms with Crippen LogP contribution in [-0.4, -0.2) is 5.78 Å². The van der Waals surface area contributed by atoms with Crippen molar-refractivity contribution >= 4 is 17.4 Å². The van der Waals surface area contributed by atoms with Gasteiger partial charge in [-0.15, -0.1) is 0 Å². The molecule has 1 aliphatic carbocycles. The minimum Gasteiger partial charge on any atom is -0.299 e. The van der Waals surface area contributed by atoms with E-state index in [1.165, 1.54) is 6.42 Å². The summed E-state index contributed by atoms with van der Waals surface area (Å²) >= 11 is 6.10. The molecule has 1 saturated carbocycles. The number of Topliss-reactive ketones (excluding diaryl/α,β-unsaturated/α-hetero) is 1. The zero-order chi connectivity index (χ0) is 12.3. The Morgan fingerprint density at radius 2 is 2.06 bits per heavy atom. The van der Waals surface area contributed by atoms with E-state index in [0.717, 1.165) is 31.2 Å². The van der Waals surface area contributed by atoms with Gasteiger partial charge in [0, 0.05) is 16.9 Å². The van der Waals surface area contributed by atoms with Gasteiger partial charge in [0.05, 0.1) is 0 Å². The number of halogens is 1. The first-order valence-electron chi connectivity index (χ1n) is 6.45. The predicted molar refractivity (Wildman–Crippen MR) is 71.4 cm³/mol. The molecular weight excluding hydrogens is 232 g/mol. The number of carbonyl (C=O) groups excluding carboxylic acids is 1. The first-order valence-corrected chi connectivity index (χ1v) is 6.82. The van der Waals surface area contributed by atoms with Crippen LogP contribution in [0.2, 0.25) is 5.02 Å². The van der Waals surface area contributed by atoms with Gasteiger partial charge in [-0.05, 0) is 30.9 Å². The molecule has 1 nitrogen and oxygen atoms in total. The molecule has 92 valence electrons. The van der Waals surface area contributed by atoms with E-state index in [4.69, 9.17) is 11.6 Å². The summed E-state index contributed by atoms with van der Waals surface area (Å²) in [5.41, 5.74) is 0.954. The van der Waals surface area contributed by atoms with Gasteiger partial charge in [0.1, 0.15) is 5.78 Å². The van der Waals surface area contributed by atoms with Crippen molar-refractivity contribution in [1.82, 2.24) is 0 Å². The highest BCUT2D eigenvalue weighted by atomic mass is 35.5. The van der Waals surface area contributed by atoms with Crippen LogP contribution in [0, 0.1) is 5.41 Å². The smallest absolute Gasteiger partial charge is 0.143 e. The fourth-order valence-electron chi connectivity index (χ4n) is 2.75. The molecule has 0 bridgehead atoms. The molecule has 1 aliphatic rings. The Kier molecular flexibility index (Phi) is 3.88. The molecule has 1 aromatic rings. The summed E-state index contributed by atoms with van der Waals surface area (Å²) in [6, 6.07) is 7.67. The highest BCUT2D eigenvalue weighted by Crippen LogP contribution is 2.46. The van der Waals surface area contributed by atoms with Gasteiger partial charge in [0.25, 0.3) is 0 Å². The van der Waals surface area contributed by atoms with Gasteiger partial charge < -0.3 is 0 Å². The normalized spacial score (nSPS) is 17.5. The van der Waals surface area contributed by atoms with E-state index < -0.39 is 0 Å². The minimum absolute atomic E-state index is 0.0199. The fourth-order valence-corrected chi connectivity index (χ4v) is 2.96. The van der Waals surface area contributed by atoms with Gasteiger partial charge in [-0.1, -0.05) is 49.6 Å². The maximum atomic E-state index is 12.4. The van der Waals surface area contributed by atoms with Gasteiger partial charge in [0.2, 0.25) is 0 Å². The molecule has 0 amide bonds. The van der Waals surface area contributed by atoms with Crippen molar-refractivity contribution in [3.8, 4) is 0 Å². The van der Waals surface area contributed by atoms with Crippen LogP contribution in [0.25, 0.3) is 0 Å². The lowest BCUT2D eigenvalue weighted by Gasteiger charge is -2.40. The number of ketones is 1. The second kappa shape index (κ2) is 5.22. The molecule has 0 radical (unpaired) electrons. The average molecular weight is 251 g/mol. The monoisotopic (exact) mass is 250 g/mol. The third-order valence-corrected chi connectivity index (χ3v) is 4.31. The first kappa shape index (κ1) is 12.6. The molecule has 17 heavy (non-hydrogen) atoms. The standard InChI is InChI=1S/C15H19ClO/c1-2-8-15(9-5-10-15)14(17)11-12-6-3-4-7-13(12)16/h3-4,6-7H,2,5,8-11H2,1H3. The Hall–Kier alpha value is -0.820. The lowest BCUT2D eigenvalue weighted by atomic mass is 9.62. The van der Waals surface area contributed by atoms with Crippen molar-refractivity contribution in [2.24, 2.45) is 5.41 Å². The van der Waals surface area contributed by atoms with Crippen molar-refractivity contribution in [2.45, 2.75) is 45.4 Å². The summed E-state index contributed by atoms with van der Waals surface area (Å²) in [7, 11) is 0. The maximum absolute atomic E-state index is 12.4. The van der Waals surface area contributed by atoms with Crippen LogP contribution in [0.1, 0.15) is 44.6 Å². The molecule has 0 saturated heterocycles. The summed E-state index contributed by atoms with van der Waals surface area (Å²) in [4.78, 5) is 12.4. The Labute approximate surface area is 108 Å². The van der Waals surface area contributed by atoms with Gasteiger partial charge in [-0.3, -0.25) is 4.79 Å². The second-order valence-electron chi connectivity index (χ2n) is 5.08. The molecule has 0 heterocycles. The summed E-state index contributed by atoms with van der Waals surface area (Å²) in [6.45, 7) is 2.16. The molecule has 0 aliphatic heterocycles. The topological polar surface area (TPSA) is 17.1 Å². The Morgan fingerprint density at radius 1 is 1.35 bits per heavy atom. The largest absolute Gasteiger partial charge is 0.299 e. The fraction of sp³-hybridized carbons (Fsp3) is 0.533. The van der Waals surface area contributed by atoms with Crippen LogP contribution >= 0.6 is 11.6 Å². The third-order valence-electron chi connectivity index (χ3n) is 3.94. The molecule has 1 aromatic carbocycles. The summed E-state index contributed by atoms with van der Waals surface area (Å²) in [5, 5.41) is 0.715. The highest BCUT2D eigenvalue weighted by Gasteiger charge is 2.42. The third kappa shape index (κ3) is 2.55. The van der Waals surface area contributed by atoms with Crippen molar-refractivity contribution in [1.29, 1.82) is 0 Å². The van der Waals surface area contributed by atoms with Gasteiger partial charge in [-0.2, -0.15) is 0 Å². The van der Waals surface area contributed by atoms with Gasteiger partial charge in [0.15, 0.2) is 0 Å². The Bertz CT molecular complexity index is 407. The van der Waals surface area contributed by atoms with E-state index in [1.807, 2.05) is 24.3 Å². The number of hydrogen-bond donors (Lipinski definition) is 0. The maximum Gasteiger partial charge on any atom is 0.143 e. The average Bonchev–Trinajstić information content (AvgIpc) is 2.26. The molecule has 0 atom stereocenters. The van der Waals surface area contributed by atoms with E-state index in [0.29, 0.717) is 17.2 Å². The summed E-state index contributed by atoms with van der Waals surface area (Å²) < 4.78 is 0. The Balaban J connectivity index is 2.08. The van der Waals surface area contributed by atoms with Gasteiger partial charge >= 0.3 is 0 Å². The second-order valence-corrected chi connectivity index (χ2v) is 5.48. The zero-order valence-electron chi connectivity index (χ0n) is 10.3. The molecule has 0 aromatic heterocycles. The highest BCUT2D eigenvalue weighted by molar-refractivity contribution is 6.31. The first-order chi connectivity index (χ1) is 8.18. The lowest BCUT2D eigenvalue weighted by Crippen LogP contribution is -2.38. The predicted octanol–water partition coefficient (Wildman–Crippen LogP) is 4.42. The van der Waals surface area contributed by atoms with Crippen LogP contribution in [0.3, 0.4) is 0 Å². The van der Waals surface area contributed by atoms with Crippen molar-refractivity contribution < 1.29 is 4.79 Å². The van der Waals surface area contributed by atoms with Crippen molar-refractivity contribution in [3.05, 3.63) is 34.9 Å². The lowest BCUT2D eigenvalue weighted by molar-refractivity contribution is -0.133. The zero-order valence-corrected chi connectivity index (χ0v) is 11.1. The van der Waals surface area contributed by atoms with Gasteiger partial charge in [-0.25, -0.2) is 0 Å². The van der Waals surface area contributed by atoms with Crippen LogP contribution in [0.15, 0.2) is 24.3 Å². The molecular formula is C15H19ClO. The number of benzene rings is 1. The van der Waals surface area contributed by atoms with Crippen LogP contribution in [0.5, 0.6) is 0 Å². The van der Waals surface area contributed by atoms with Crippen LogP contribution in [-0.2, 0) is 11.2 Å². The number of carbonyl (C=O) groups is 1. The summed E-state index contributed by atoms with van der Waals surface area (Å²) in [6.07, 6.45) is 5.98.